The highest BCUT2D eigenvalue weighted by Gasteiger charge is 2.48. The van der Waals surface area contributed by atoms with E-state index in [9.17, 15) is 0 Å². The average molecular weight is 268 g/mol. The van der Waals surface area contributed by atoms with Crippen LogP contribution in [0.5, 0.6) is 0 Å². The van der Waals surface area contributed by atoms with Gasteiger partial charge in [-0.05, 0) is 12.7 Å². The Morgan fingerprint density at radius 3 is 2.00 bits per heavy atom. The van der Waals surface area contributed by atoms with Crippen molar-refractivity contribution in [2.45, 2.75) is 25.3 Å². The summed E-state index contributed by atoms with van der Waals surface area (Å²) in [7, 11) is 2.28. The van der Waals surface area contributed by atoms with E-state index >= 15 is 0 Å². The summed E-state index contributed by atoms with van der Waals surface area (Å²) in [5, 5.41) is 0. The fraction of sp³-hybridized carbons (Fsp3) is 0.889. The second-order valence-electron chi connectivity index (χ2n) is 3.08. The van der Waals surface area contributed by atoms with E-state index in [0.717, 1.165) is 17.0 Å². The number of hydrogen-bond donors (Lipinski definition) is 0. The van der Waals surface area contributed by atoms with Crippen LogP contribution in [0.1, 0.15) is 19.8 Å². The van der Waals surface area contributed by atoms with Gasteiger partial charge in [0.15, 0.2) is 0 Å². The van der Waals surface area contributed by atoms with Crippen LogP contribution in [-0.4, -0.2) is 40.6 Å². The summed E-state index contributed by atoms with van der Waals surface area (Å²) in [4.78, 5) is 0. The molecular formula is C9H20O3S2Si. The lowest BCUT2D eigenvalue weighted by molar-refractivity contribution is 0.118. The fourth-order valence-corrected chi connectivity index (χ4v) is 5.57. The van der Waals surface area contributed by atoms with E-state index in [0.29, 0.717) is 0 Å². The first-order chi connectivity index (χ1) is 7.11. The maximum absolute atomic E-state index is 5.47. The fourth-order valence-electron chi connectivity index (χ4n) is 1.55. The van der Waals surface area contributed by atoms with Crippen LogP contribution in [0.25, 0.3) is 0 Å². The maximum atomic E-state index is 5.47. The topological polar surface area (TPSA) is 27.7 Å². The number of thioether (sulfide) groups is 1. The quantitative estimate of drug-likeness (QED) is 0.523. The van der Waals surface area contributed by atoms with Crippen molar-refractivity contribution in [1.29, 1.82) is 0 Å². The van der Waals surface area contributed by atoms with Gasteiger partial charge in [0.1, 0.15) is 0 Å². The minimum Gasteiger partial charge on any atom is -0.376 e. The molecule has 0 spiro atoms. The minimum atomic E-state index is -2.61. The average Bonchev–Trinajstić information content (AvgIpc) is 2.29. The lowest BCUT2D eigenvalue weighted by Crippen LogP contribution is -2.49. The molecule has 0 saturated carbocycles. The van der Waals surface area contributed by atoms with Crippen LogP contribution in [0, 0.1) is 0 Å². The maximum Gasteiger partial charge on any atom is 0.509 e. The molecule has 6 heteroatoms. The Morgan fingerprint density at radius 2 is 1.73 bits per heavy atom. The molecule has 0 aliphatic rings. The Kier molecular flexibility index (Phi) is 8.03. The highest BCUT2D eigenvalue weighted by molar-refractivity contribution is 8.23. The van der Waals surface area contributed by atoms with Crippen molar-refractivity contribution in [3.05, 3.63) is 0 Å². The molecule has 0 aromatic carbocycles. The summed E-state index contributed by atoms with van der Waals surface area (Å²) < 4.78 is 17.3. The van der Waals surface area contributed by atoms with E-state index in [4.69, 9.17) is 25.5 Å². The second kappa shape index (κ2) is 7.75. The molecule has 0 aromatic heterocycles. The molecule has 15 heavy (non-hydrogen) atoms. The zero-order valence-electron chi connectivity index (χ0n) is 10.0. The van der Waals surface area contributed by atoms with E-state index < -0.39 is 8.80 Å². The standard InChI is InChI=1S/C9H20O3S2Si/c1-6-7-8(9(13)14-5)15(10-2,11-3)12-4/h8H,6-7H2,1-5H3. The Bertz CT molecular complexity index is 190. The van der Waals surface area contributed by atoms with Crippen LogP contribution < -0.4 is 0 Å². The molecule has 0 fully saturated rings. The van der Waals surface area contributed by atoms with Gasteiger partial charge >= 0.3 is 8.80 Å². The molecule has 0 aromatic rings. The van der Waals surface area contributed by atoms with Gasteiger partial charge < -0.3 is 13.3 Å². The summed E-state index contributed by atoms with van der Waals surface area (Å²) in [5.41, 5.74) is 0.104. The van der Waals surface area contributed by atoms with Crippen LogP contribution in [0.2, 0.25) is 5.54 Å². The summed E-state index contributed by atoms with van der Waals surface area (Å²) in [6, 6.07) is 0. The molecule has 1 unspecified atom stereocenters. The molecule has 90 valence electrons. The first-order valence-electron chi connectivity index (χ1n) is 4.85. The molecule has 0 heterocycles. The first kappa shape index (κ1) is 15.5. The third kappa shape index (κ3) is 3.79. The van der Waals surface area contributed by atoms with Gasteiger partial charge in [0.2, 0.25) is 0 Å². The molecule has 0 N–H and O–H groups in total. The predicted octanol–water partition coefficient (Wildman–Crippen LogP) is 2.73. The van der Waals surface area contributed by atoms with Crippen molar-refractivity contribution in [3.63, 3.8) is 0 Å². The lowest BCUT2D eigenvalue weighted by Gasteiger charge is -2.32. The van der Waals surface area contributed by atoms with Crippen LogP contribution in [-0.2, 0) is 13.3 Å². The van der Waals surface area contributed by atoms with Crippen molar-refractivity contribution in [1.82, 2.24) is 0 Å². The van der Waals surface area contributed by atoms with Gasteiger partial charge in [-0.15, -0.1) is 11.8 Å². The summed E-state index contributed by atoms with van der Waals surface area (Å²) in [6.45, 7) is 2.12. The number of rotatable bonds is 7. The van der Waals surface area contributed by atoms with Crippen molar-refractivity contribution in [3.8, 4) is 0 Å². The molecule has 0 rings (SSSR count). The summed E-state index contributed by atoms with van der Waals surface area (Å²) in [6.07, 6.45) is 3.96. The van der Waals surface area contributed by atoms with E-state index in [1.807, 2.05) is 6.26 Å². The molecular weight excluding hydrogens is 248 g/mol. The third-order valence-corrected chi connectivity index (χ3v) is 7.37. The zero-order chi connectivity index (χ0) is 11.9. The monoisotopic (exact) mass is 268 g/mol. The van der Waals surface area contributed by atoms with Crippen LogP contribution in [0.3, 0.4) is 0 Å². The number of thiocarbonyl (C=S) groups is 1. The third-order valence-electron chi connectivity index (χ3n) is 2.34. The Hall–Kier alpha value is 0.537. The smallest absolute Gasteiger partial charge is 0.376 e. The van der Waals surface area contributed by atoms with Crippen LogP contribution in [0.4, 0.5) is 0 Å². The van der Waals surface area contributed by atoms with Gasteiger partial charge in [0.05, 0.1) is 9.74 Å². The molecule has 0 aliphatic heterocycles. The molecule has 1 atom stereocenters. The van der Waals surface area contributed by atoms with Gasteiger partial charge in [0, 0.05) is 21.3 Å². The summed E-state index contributed by atoms with van der Waals surface area (Å²) >= 11 is 6.92. The van der Waals surface area contributed by atoms with Gasteiger partial charge in [0.25, 0.3) is 0 Å². The Labute approximate surface area is 103 Å². The lowest BCUT2D eigenvalue weighted by atomic mass is 10.3. The number of hydrogen-bond acceptors (Lipinski definition) is 5. The molecule has 0 radical (unpaired) electrons. The molecule has 0 aliphatic carbocycles. The highest BCUT2D eigenvalue weighted by Crippen LogP contribution is 2.33. The van der Waals surface area contributed by atoms with Gasteiger partial charge in [-0.25, -0.2) is 0 Å². The largest absolute Gasteiger partial charge is 0.509 e. The van der Waals surface area contributed by atoms with E-state index in [1.165, 1.54) is 0 Å². The summed E-state index contributed by atoms with van der Waals surface area (Å²) in [5.74, 6) is 0. The van der Waals surface area contributed by atoms with Gasteiger partial charge in [-0.3, -0.25) is 0 Å². The minimum absolute atomic E-state index is 0.104. The molecule has 0 amide bonds. The molecule has 0 bridgehead atoms. The first-order valence-corrected chi connectivity index (χ1v) is 8.28. The Balaban J connectivity index is 4.90. The second-order valence-corrected chi connectivity index (χ2v) is 7.76. The molecule has 3 nitrogen and oxygen atoms in total. The molecule has 0 saturated heterocycles. The van der Waals surface area contributed by atoms with Crippen LogP contribution >= 0.6 is 24.0 Å². The van der Waals surface area contributed by atoms with Crippen molar-refractivity contribution >= 4 is 37.0 Å². The van der Waals surface area contributed by atoms with Gasteiger partial charge in [-0.2, -0.15) is 0 Å². The zero-order valence-corrected chi connectivity index (χ0v) is 12.7. The normalized spacial score (nSPS) is 13.9. The van der Waals surface area contributed by atoms with Crippen LogP contribution in [0.15, 0.2) is 0 Å². The van der Waals surface area contributed by atoms with Gasteiger partial charge in [-0.1, -0.05) is 25.6 Å². The SMILES string of the molecule is CCCC(C(=S)SC)[Si](OC)(OC)OC. The van der Waals surface area contributed by atoms with Crippen molar-refractivity contribution < 1.29 is 13.3 Å². The van der Waals surface area contributed by atoms with Crippen molar-refractivity contribution in [2.75, 3.05) is 27.6 Å². The highest BCUT2D eigenvalue weighted by atomic mass is 32.2. The van der Waals surface area contributed by atoms with Crippen molar-refractivity contribution in [2.24, 2.45) is 0 Å². The van der Waals surface area contributed by atoms with E-state index in [2.05, 4.69) is 6.92 Å². The van der Waals surface area contributed by atoms with E-state index in [1.54, 1.807) is 33.1 Å². The van der Waals surface area contributed by atoms with E-state index in [-0.39, 0.29) is 5.54 Å². The Morgan fingerprint density at radius 1 is 1.27 bits per heavy atom. The predicted molar refractivity (Wildman–Crippen MR) is 71.6 cm³/mol.